The molecule has 1 nitrogen and oxygen atoms in total. The molecule has 2 aliphatic rings. The van der Waals surface area contributed by atoms with Crippen molar-refractivity contribution in [1.82, 2.24) is 0 Å². The molecule has 3 unspecified atom stereocenters. The zero-order valence-corrected chi connectivity index (χ0v) is 9.89. The SMILES string of the molecule is CCCC1C(=O)C2(C)CCC1C2(C)C. The molecule has 0 aromatic heterocycles. The van der Waals surface area contributed by atoms with Crippen LogP contribution in [0.25, 0.3) is 0 Å². The Kier molecular flexibility index (Phi) is 2.06. The van der Waals surface area contributed by atoms with E-state index in [2.05, 4.69) is 27.7 Å². The lowest BCUT2D eigenvalue weighted by Crippen LogP contribution is -2.33. The van der Waals surface area contributed by atoms with Gasteiger partial charge in [0.1, 0.15) is 5.78 Å². The molecule has 0 aliphatic heterocycles. The van der Waals surface area contributed by atoms with Gasteiger partial charge in [0.25, 0.3) is 0 Å². The molecule has 14 heavy (non-hydrogen) atoms. The van der Waals surface area contributed by atoms with Crippen LogP contribution in [0.15, 0.2) is 0 Å². The average Bonchev–Trinajstić information content (AvgIpc) is 2.41. The summed E-state index contributed by atoms with van der Waals surface area (Å²) >= 11 is 0. The predicted molar refractivity (Wildman–Crippen MR) is 58.0 cm³/mol. The minimum Gasteiger partial charge on any atom is -0.299 e. The van der Waals surface area contributed by atoms with Gasteiger partial charge in [0.15, 0.2) is 0 Å². The largest absolute Gasteiger partial charge is 0.299 e. The third-order valence-electron chi connectivity index (χ3n) is 5.27. The molecule has 0 radical (unpaired) electrons. The Balaban J connectivity index is 2.34. The van der Waals surface area contributed by atoms with Crippen LogP contribution in [-0.4, -0.2) is 5.78 Å². The number of Topliss-reactive ketones (excluding diaryl/α,β-unsaturated/α-hetero) is 1. The molecular formula is C13H22O. The topological polar surface area (TPSA) is 17.1 Å². The molecule has 1 heteroatoms. The fraction of sp³-hybridized carbons (Fsp3) is 0.923. The van der Waals surface area contributed by atoms with Gasteiger partial charge in [-0.2, -0.15) is 0 Å². The second-order valence-electron chi connectivity index (χ2n) is 5.96. The van der Waals surface area contributed by atoms with E-state index in [1.165, 1.54) is 6.42 Å². The van der Waals surface area contributed by atoms with Crippen LogP contribution in [0.5, 0.6) is 0 Å². The lowest BCUT2D eigenvalue weighted by atomic mass is 9.70. The van der Waals surface area contributed by atoms with E-state index in [-0.39, 0.29) is 10.8 Å². The number of rotatable bonds is 2. The summed E-state index contributed by atoms with van der Waals surface area (Å²) in [6.07, 6.45) is 4.67. The van der Waals surface area contributed by atoms with Gasteiger partial charge >= 0.3 is 0 Å². The Morgan fingerprint density at radius 1 is 1.36 bits per heavy atom. The highest BCUT2D eigenvalue weighted by Crippen LogP contribution is 2.66. The molecule has 0 N–H and O–H groups in total. The van der Waals surface area contributed by atoms with Crippen LogP contribution >= 0.6 is 0 Å². The summed E-state index contributed by atoms with van der Waals surface area (Å²) in [4.78, 5) is 12.3. The van der Waals surface area contributed by atoms with Crippen molar-refractivity contribution in [2.24, 2.45) is 22.7 Å². The van der Waals surface area contributed by atoms with Crippen molar-refractivity contribution in [2.45, 2.75) is 53.4 Å². The molecule has 0 aromatic rings. The van der Waals surface area contributed by atoms with Crippen LogP contribution < -0.4 is 0 Å². The monoisotopic (exact) mass is 194 g/mol. The minimum absolute atomic E-state index is 0.00248. The standard InChI is InChI=1S/C13H22O/c1-5-6-9-10-7-8-13(4,11(9)14)12(10,2)3/h9-10H,5-8H2,1-4H3. The quantitative estimate of drug-likeness (QED) is 0.658. The predicted octanol–water partition coefficient (Wildman–Crippen LogP) is 3.43. The zero-order valence-electron chi connectivity index (χ0n) is 9.89. The highest BCUT2D eigenvalue weighted by atomic mass is 16.1. The average molecular weight is 194 g/mol. The number of carbonyl (C=O) groups is 1. The third-order valence-corrected chi connectivity index (χ3v) is 5.27. The fourth-order valence-electron chi connectivity index (χ4n) is 3.92. The molecule has 0 amide bonds. The van der Waals surface area contributed by atoms with Gasteiger partial charge in [0, 0.05) is 11.3 Å². The highest BCUT2D eigenvalue weighted by Gasteiger charge is 2.65. The number of carbonyl (C=O) groups excluding carboxylic acids is 1. The first-order valence-corrected chi connectivity index (χ1v) is 5.99. The highest BCUT2D eigenvalue weighted by molar-refractivity contribution is 5.91. The summed E-state index contributed by atoms with van der Waals surface area (Å²) in [5.41, 5.74) is 0.251. The second-order valence-corrected chi connectivity index (χ2v) is 5.96. The normalized spacial score (nSPS) is 44.7. The van der Waals surface area contributed by atoms with Crippen molar-refractivity contribution >= 4 is 5.78 Å². The molecular weight excluding hydrogens is 172 g/mol. The number of ketones is 1. The summed E-state index contributed by atoms with van der Waals surface area (Å²) in [6, 6.07) is 0. The summed E-state index contributed by atoms with van der Waals surface area (Å²) in [6.45, 7) is 9.00. The molecule has 2 bridgehead atoms. The Labute approximate surface area is 87.3 Å². The first-order valence-electron chi connectivity index (χ1n) is 5.99. The summed E-state index contributed by atoms with van der Waals surface area (Å²) in [7, 11) is 0. The van der Waals surface area contributed by atoms with Gasteiger partial charge < -0.3 is 0 Å². The van der Waals surface area contributed by atoms with Crippen LogP contribution in [0.2, 0.25) is 0 Å². The van der Waals surface area contributed by atoms with E-state index in [1.807, 2.05) is 0 Å². The molecule has 2 rings (SSSR count). The summed E-state index contributed by atoms with van der Waals surface area (Å²) < 4.78 is 0. The van der Waals surface area contributed by atoms with Crippen LogP contribution in [-0.2, 0) is 4.79 Å². The summed E-state index contributed by atoms with van der Waals surface area (Å²) in [5.74, 6) is 1.62. The van der Waals surface area contributed by atoms with Crippen molar-refractivity contribution in [3.63, 3.8) is 0 Å². The van der Waals surface area contributed by atoms with Crippen LogP contribution in [0.1, 0.15) is 53.4 Å². The molecule has 0 spiro atoms. The van der Waals surface area contributed by atoms with Gasteiger partial charge in [0.05, 0.1) is 0 Å². The Bertz CT molecular complexity index is 266. The van der Waals surface area contributed by atoms with E-state index in [0.29, 0.717) is 17.6 Å². The van der Waals surface area contributed by atoms with E-state index >= 15 is 0 Å². The van der Waals surface area contributed by atoms with E-state index in [0.717, 1.165) is 19.3 Å². The van der Waals surface area contributed by atoms with Gasteiger partial charge in [0.2, 0.25) is 0 Å². The van der Waals surface area contributed by atoms with Crippen molar-refractivity contribution in [1.29, 1.82) is 0 Å². The van der Waals surface area contributed by atoms with E-state index in [4.69, 9.17) is 0 Å². The Morgan fingerprint density at radius 2 is 2.00 bits per heavy atom. The number of hydrogen-bond donors (Lipinski definition) is 0. The Morgan fingerprint density at radius 3 is 2.43 bits per heavy atom. The van der Waals surface area contributed by atoms with E-state index in [9.17, 15) is 4.79 Å². The maximum atomic E-state index is 12.3. The van der Waals surface area contributed by atoms with Crippen molar-refractivity contribution in [2.75, 3.05) is 0 Å². The van der Waals surface area contributed by atoms with Gasteiger partial charge in [-0.25, -0.2) is 0 Å². The van der Waals surface area contributed by atoms with Gasteiger partial charge in [-0.05, 0) is 30.6 Å². The fourth-order valence-corrected chi connectivity index (χ4v) is 3.92. The van der Waals surface area contributed by atoms with Crippen molar-refractivity contribution in [3.05, 3.63) is 0 Å². The van der Waals surface area contributed by atoms with Gasteiger partial charge in [-0.3, -0.25) is 4.79 Å². The number of hydrogen-bond acceptors (Lipinski definition) is 1. The van der Waals surface area contributed by atoms with Gasteiger partial charge in [-0.1, -0.05) is 34.1 Å². The van der Waals surface area contributed by atoms with Crippen molar-refractivity contribution in [3.8, 4) is 0 Å². The van der Waals surface area contributed by atoms with Crippen LogP contribution in [0.3, 0.4) is 0 Å². The smallest absolute Gasteiger partial charge is 0.142 e. The maximum absolute atomic E-state index is 12.3. The lowest BCUT2D eigenvalue weighted by Gasteiger charge is -2.32. The first kappa shape index (κ1) is 10.2. The molecule has 0 heterocycles. The third kappa shape index (κ3) is 0.936. The molecule has 2 fully saturated rings. The van der Waals surface area contributed by atoms with Crippen molar-refractivity contribution < 1.29 is 4.79 Å². The molecule has 0 aromatic carbocycles. The Hall–Kier alpha value is -0.330. The second kappa shape index (κ2) is 2.84. The molecule has 2 aliphatic carbocycles. The minimum atomic E-state index is -0.00248. The first-order chi connectivity index (χ1) is 6.45. The van der Waals surface area contributed by atoms with Gasteiger partial charge in [-0.15, -0.1) is 0 Å². The molecule has 2 saturated carbocycles. The van der Waals surface area contributed by atoms with Crippen LogP contribution in [0.4, 0.5) is 0 Å². The maximum Gasteiger partial charge on any atom is 0.142 e. The number of fused-ring (bicyclic) bond motifs is 2. The molecule has 80 valence electrons. The van der Waals surface area contributed by atoms with E-state index in [1.54, 1.807) is 0 Å². The zero-order chi connectivity index (χ0) is 10.6. The van der Waals surface area contributed by atoms with E-state index < -0.39 is 0 Å². The molecule has 3 atom stereocenters. The summed E-state index contributed by atoms with van der Waals surface area (Å²) in [5, 5.41) is 0. The molecule has 0 saturated heterocycles. The van der Waals surface area contributed by atoms with Crippen LogP contribution in [0, 0.1) is 22.7 Å². The lowest BCUT2D eigenvalue weighted by molar-refractivity contribution is -0.131.